The Kier molecular flexibility index (Phi) is 3.64. The normalized spacial score (nSPS) is 23.6. The van der Waals surface area contributed by atoms with Crippen molar-refractivity contribution in [2.24, 2.45) is 10.7 Å². The fourth-order valence-corrected chi connectivity index (χ4v) is 4.03. The molecule has 4 N–H and O–H groups in total. The molecule has 9 nitrogen and oxygen atoms in total. The molecule has 0 saturated carbocycles. The summed E-state index contributed by atoms with van der Waals surface area (Å²) < 4.78 is 7.54. The molecule has 3 aliphatic rings. The van der Waals surface area contributed by atoms with Crippen molar-refractivity contribution < 1.29 is 4.74 Å². The molecule has 1 fully saturated rings. The number of aromatic nitrogens is 4. The molecule has 2 aromatic heterocycles. The van der Waals surface area contributed by atoms with Gasteiger partial charge in [0.15, 0.2) is 5.65 Å². The van der Waals surface area contributed by atoms with Crippen LogP contribution in [0.2, 0.25) is 0 Å². The van der Waals surface area contributed by atoms with Gasteiger partial charge in [0.05, 0.1) is 17.1 Å². The van der Waals surface area contributed by atoms with Crippen LogP contribution in [0.4, 0.5) is 5.82 Å². The highest BCUT2D eigenvalue weighted by atomic mass is 16.5. The van der Waals surface area contributed by atoms with Gasteiger partial charge in [0, 0.05) is 12.0 Å². The molecule has 27 heavy (non-hydrogen) atoms. The highest BCUT2D eigenvalue weighted by molar-refractivity contribution is 5.98. The van der Waals surface area contributed by atoms with Gasteiger partial charge in [0.25, 0.3) is 6.02 Å². The van der Waals surface area contributed by atoms with Crippen LogP contribution in [-0.2, 0) is 4.74 Å². The Morgan fingerprint density at radius 1 is 1.19 bits per heavy atom. The molecule has 0 amide bonds. The first-order valence-corrected chi connectivity index (χ1v) is 9.20. The summed E-state index contributed by atoms with van der Waals surface area (Å²) >= 11 is 0. The molecule has 0 spiro atoms. The predicted octanol–water partition coefficient (Wildman–Crippen LogP) is 1.06. The first kappa shape index (κ1) is 16.2. The number of amidine groups is 1. The van der Waals surface area contributed by atoms with Gasteiger partial charge >= 0.3 is 0 Å². The number of nitrogens with two attached hydrogens (primary N) is 2. The number of fused-ring (bicyclic) bond motifs is 2. The third-order valence-electron chi connectivity index (χ3n) is 5.51. The topological polar surface area (TPSA) is 120 Å². The summed E-state index contributed by atoms with van der Waals surface area (Å²) in [6, 6.07) is 0.519. The maximum absolute atomic E-state index is 6.22. The largest absolute Gasteiger partial charge is 0.455 e. The molecule has 9 heteroatoms. The van der Waals surface area contributed by atoms with Crippen LogP contribution in [0.5, 0.6) is 0 Å². The fourth-order valence-electron chi connectivity index (χ4n) is 4.03. The van der Waals surface area contributed by atoms with Gasteiger partial charge in [-0.05, 0) is 39.1 Å². The van der Waals surface area contributed by atoms with Crippen molar-refractivity contribution in [3.05, 3.63) is 29.9 Å². The van der Waals surface area contributed by atoms with Crippen molar-refractivity contribution in [3.63, 3.8) is 0 Å². The monoisotopic (exact) mass is 366 g/mol. The summed E-state index contributed by atoms with van der Waals surface area (Å²) in [4.78, 5) is 15.3. The molecular formula is C18H22N8O. The lowest BCUT2D eigenvalue weighted by atomic mass is 9.98. The van der Waals surface area contributed by atoms with Crippen LogP contribution in [0.3, 0.4) is 0 Å². The number of allylic oxidation sites excluding steroid dienone is 2. The van der Waals surface area contributed by atoms with Crippen LogP contribution in [0, 0.1) is 0 Å². The van der Waals surface area contributed by atoms with Crippen molar-refractivity contribution in [2.45, 2.75) is 31.4 Å². The van der Waals surface area contributed by atoms with E-state index in [-0.39, 0.29) is 12.1 Å². The number of hydrogen-bond acceptors (Lipinski definition) is 8. The van der Waals surface area contributed by atoms with Crippen molar-refractivity contribution in [2.75, 3.05) is 25.9 Å². The van der Waals surface area contributed by atoms with E-state index in [1.54, 1.807) is 0 Å². The van der Waals surface area contributed by atoms with Crippen molar-refractivity contribution >= 4 is 28.4 Å². The van der Waals surface area contributed by atoms with E-state index in [0.717, 1.165) is 53.9 Å². The van der Waals surface area contributed by atoms with Gasteiger partial charge in [-0.1, -0.05) is 6.08 Å². The molecule has 1 atom stereocenters. The second-order valence-electron chi connectivity index (χ2n) is 7.31. The van der Waals surface area contributed by atoms with E-state index >= 15 is 0 Å². The molecule has 1 saturated heterocycles. The number of piperidine rings is 1. The molecule has 1 aliphatic carbocycles. The van der Waals surface area contributed by atoms with E-state index in [1.165, 1.54) is 6.33 Å². The summed E-state index contributed by atoms with van der Waals surface area (Å²) in [5.74, 6) is 0.446. The second-order valence-corrected chi connectivity index (χ2v) is 7.31. The Morgan fingerprint density at radius 3 is 2.81 bits per heavy atom. The van der Waals surface area contributed by atoms with Crippen molar-refractivity contribution in [1.29, 1.82) is 0 Å². The van der Waals surface area contributed by atoms with Gasteiger partial charge in [-0.15, -0.1) is 0 Å². The standard InChI is InChI=1S/C18H22N8O/c1-25-6-4-11(5-7-25)26-17-14(16(19)21-9-22-17)15(24-26)10-2-3-13-12(8-10)23-18(20)27-13/h2,8-9,11,13H,3-7H2,1H3,(H2,20,23)(H2,19,21,22). The van der Waals surface area contributed by atoms with E-state index in [1.807, 2.05) is 10.8 Å². The van der Waals surface area contributed by atoms with E-state index < -0.39 is 0 Å². The Morgan fingerprint density at radius 2 is 2.00 bits per heavy atom. The number of hydrogen-bond donors (Lipinski definition) is 2. The zero-order chi connectivity index (χ0) is 18.5. The van der Waals surface area contributed by atoms with Crippen LogP contribution in [0.15, 0.2) is 29.2 Å². The summed E-state index contributed by atoms with van der Waals surface area (Å²) in [5, 5.41) is 5.74. The zero-order valence-corrected chi connectivity index (χ0v) is 15.2. The third kappa shape index (κ3) is 2.66. The second kappa shape index (κ2) is 6.05. The minimum absolute atomic E-state index is 0.107. The van der Waals surface area contributed by atoms with Crippen molar-refractivity contribution in [3.8, 4) is 0 Å². The number of nitrogen functional groups attached to an aromatic ring is 1. The molecule has 2 aromatic rings. The molecular weight excluding hydrogens is 344 g/mol. The number of rotatable bonds is 2. The van der Waals surface area contributed by atoms with E-state index in [2.05, 4.69) is 33.0 Å². The SMILES string of the molecule is CN1CCC(n2nc(C3=CCC4OC(N)=NC4=C3)c3c(N)ncnc32)CC1. The van der Waals surface area contributed by atoms with E-state index in [0.29, 0.717) is 18.3 Å². The average Bonchev–Trinajstić information content (AvgIpc) is 3.22. The lowest BCUT2D eigenvalue weighted by Gasteiger charge is -2.29. The predicted molar refractivity (Wildman–Crippen MR) is 103 cm³/mol. The summed E-state index contributed by atoms with van der Waals surface area (Å²) in [7, 11) is 2.15. The number of likely N-dealkylation sites (tertiary alicyclic amines) is 1. The number of nitrogens with zero attached hydrogens (tertiary/aromatic N) is 6. The first-order valence-electron chi connectivity index (χ1n) is 9.20. The Hall–Kier alpha value is -2.94. The van der Waals surface area contributed by atoms with Crippen LogP contribution >= 0.6 is 0 Å². The summed E-state index contributed by atoms with van der Waals surface area (Å²) in [6.45, 7) is 2.09. The van der Waals surface area contributed by atoms with Crippen molar-refractivity contribution in [1.82, 2.24) is 24.6 Å². The molecule has 5 rings (SSSR count). The molecule has 140 valence electrons. The van der Waals surface area contributed by atoms with E-state index in [4.69, 9.17) is 21.3 Å². The fraction of sp³-hybridized carbons (Fsp3) is 0.444. The van der Waals surface area contributed by atoms with Gasteiger partial charge < -0.3 is 21.1 Å². The Balaban J connectivity index is 1.61. The Labute approximate surface area is 156 Å². The maximum atomic E-state index is 6.22. The van der Waals surface area contributed by atoms with Crippen LogP contribution in [0.25, 0.3) is 16.6 Å². The summed E-state index contributed by atoms with van der Waals surface area (Å²) in [6.07, 6.45) is 8.23. The van der Waals surface area contributed by atoms with Gasteiger partial charge in [0.1, 0.15) is 23.9 Å². The molecule has 0 radical (unpaired) electrons. The number of anilines is 1. The minimum Gasteiger partial charge on any atom is -0.455 e. The summed E-state index contributed by atoms with van der Waals surface area (Å²) in [5.41, 5.74) is 15.3. The van der Waals surface area contributed by atoms with Crippen LogP contribution in [-0.4, -0.2) is 56.9 Å². The van der Waals surface area contributed by atoms with Gasteiger partial charge in [0.2, 0.25) is 0 Å². The van der Waals surface area contributed by atoms with E-state index in [9.17, 15) is 0 Å². The molecule has 4 heterocycles. The molecule has 2 aliphatic heterocycles. The molecule has 0 bridgehead atoms. The lowest BCUT2D eigenvalue weighted by molar-refractivity contribution is 0.215. The minimum atomic E-state index is -0.107. The third-order valence-corrected chi connectivity index (χ3v) is 5.51. The smallest absolute Gasteiger partial charge is 0.287 e. The molecule has 0 aromatic carbocycles. The van der Waals surface area contributed by atoms with Crippen LogP contribution in [0.1, 0.15) is 31.0 Å². The highest BCUT2D eigenvalue weighted by Crippen LogP contribution is 2.36. The first-order chi connectivity index (χ1) is 13.1. The van der Waals surface area contributed by atoms with Gasteiger partial charge in [-0.25, -0.2) is 14.6 Å². The average molecular weight is 366 g/mol. The quantitative estimate of drug-likeness (QED) is 0.815. The molecule has 1 unspecified atom stereocenters. The van der Waals surface area contributed by atoms with Gasteiger partial charge in [-0.3, -0.25) is 0 Å². The maximum Gasteiger partial charge on any atom is 0.287 e. The number of aliphatic imine (C=N–C) groups is 1. The zero-order valence-electron chi connectivity index (χ0n) is 15.2. The lowest BCUT2D eigenvalue weighted by Crippen LogP contribution is -2.32. The van der Waals surface area contributed by atoms with Gasteiger partial charge in [-0.2, -0.15) is 10.1 Å². The highest BCUT2D eigenvalue weighted by Gasteiger charge is 2.30. The number of ether oxygens (including phenoxy) is 1. The van der Waals surface area contributed by atoms with Crippen LogP contribution < -0.4 is 11.5 Å². The Bertz CT molecular complexity index is 996.